The first-order chi connectivity index (χ1) is 17.2. The zero-order valence-electron chi connectivity index (χ0n) is 19.4. The molecule has 2 amide bonds. The van der Waals surface area contributed by atoms with Gasteiger partial charge in [0.05, 0.1) is 10.2 Å². The van der Waals surface area contributed by atoms with Crippen LogP contribution in [0, 0.1) is 5.92 Å². The van der Waals surface area contributed by atoms with Crippen LogP contribution in [0.2, 0.25) is 0 Å². The molecule has 0 spiro atoms. The van der Waals surface area contributed by atoms with Crippen molar-refractivity contribution in [3.63, 3.8) is 0 Å². The molecule has 4 aromatic rings. The second-order valence-electron chi connectivity index (χ2n) is 8.69. The molecular weight excluding hydrogens is 460 g/mol. The van der Waals surface area contributed by atoms with Gasteiger partial charge in [0.25, 0.3) is 5.91 Å². The van der Waals surface area contributed by atoms with Gasteiger partial charge in [-0.05, 0) is 53.4 Å². The lowest BCUT2D eigenvalue weighted by Crippen LogP contribution is -2.31. The quantitative estimate of drug-likeness (QED) is 0.321. The van der Waals surface area contributed by atoms with Crippen LogP contribution in [-0.4, -0.2) is 43.1 Å². The summed E-state index contributed by atoms with van der Waals surface area (Å²) in [7, 11) is 0. The average molecular weight is 489 g/mol. The molecule has 1 aliphatic rings. The van der Waals surface area contributed by atoms with Crippen LogP contribution in [-0.2, 0) is 16.1 Å². The molecule has 180 valence electrons. The first-order valence-corrected chi connectivity index (χ1v) is 12.7. The predicted octanol–water partition coefficient (Wildman–Crippen LogP) is 4.33. The average Bonchev–Trinajstić information content (AvgIpc) is 3.30. The van der Waals surface area contributed by atoms with Crippen molar-refractivity contribution in [3.05, 3.63) is 71.8 Å². The lowest BCUT2D eigenvalue weighted by atomic mass is 10.00. The van der Waals surface area contributed by atoms with Crippen LogP contribution in [0.25, 0.3) is 21.0 Å². The molecule has 3 aromatic carbocycles. The Morgan fingerprint density at radius 3 is 2.66 bits per heavy atom. The van der Waals surface area contributed by atoms with E-state index in [1.165, 1.54) is 27.7 Å². The molecule has 1 saturated heterocycles. The Hall–Kier alpha value is -3.33. The van der Waals surface area contributed by atoms with Gasteiger partial charge in [-0.15, -0.1) is 0 Å². The van der Waals surface area contributed by atoms with E-state index in [9.17, 15) is 9.59 Å². The van der Waals surface area contributed by atoms with E-state index < -0.39 is 0 Å². The van der Waals surface area contributed by atoms with E-state index in [2.05, 4.69) is 51.3 Å². The number of anilines is 1. The number of nitrogens with one attached hydrogen (secondary N) is 3. The molecule has 0 bridgehead atoms. The van der Waals surface area contributed by atoms with Crippen molar-refractivity contribution in [2.24, 2.45) is 5.92 Å². The van der Waals surface area contributed by atoms with Crippen molar-refractivity contribution in [3.8, 4) is 0 Å². The zero-order valence-corrected chi connectivity index (χ0v) is 20.2. The Morgan fingerprint density at radius 2 is 1.80 bits per heavy atom. The van der Waals surface area contributed by atoms with Crippen molar-refractivity contribution in [2.45, 2.75) is 19.4 Å². The number of fused-ring (bicyclic) bond motifs is 2. The smallest absolute Gasteiger partial charge is 0.251 e. The molecule has 5 rings (SSSR count). The van der Waals surface area contributed by atoms with E-state index in [0.717, 1.165) is 29.6 Å². The summed E-state index contributed by atoms with van der Waals surface area (Å²) in [4.78, 5) is 29.6. The van der Waals surface area contributed by atoms with E-state index in [1.54, 1.807) is 6.07 Å². The van der Waals surface area contributed by atoms with Gasteiger partial charge in [-0.1, -0.05) is 47.7 Å². The number of aromatic nitrogens is 1. The van der Waals surface area contributed by atoms with Crippen molar-refractivity contribution >= 4 is 49.3 Å². The summed E-state index contributed by atoms with van der Waals surface area (Å²) in [6.07, 6.45) is 1.47. The highest BCUT2D eigenvalue weighted by atomic mass is 32.1. The fraction of sp³-hybridized carbons (Fsp3) is 0.296. The molecule has 1 aromatic heterocycles. The first kappa shape index (κ1) is 23.4. The first-order valence-electron chi connectivity index (χ1n) is 11.9. The molecule has 0 radical (unpaired) electrons. The molecule has 35 heavy (non-hydrogen) atoms. The zero-order chi connectivity index (χ0) is 24.0. The highest BCUT2D eigenvalue weighted by Crippen LogP contribution is 2.28. The van der Waals surface area contributed by atoms with Gasteiger partial charge < -0.3 is 20.7 Å². The number of hydrogen-bond donors (Lipinski definition) is 3. The van der Waals surface area contributed by atoms with Crippen LogP contribution < -0.4 is 16.0 Å². The number of nitrogens with zero attached hydrogens (tertiary/aromatic N) is 1. The summed E-state index contributed by atoms with van der Waals surface area (Å²) in [5.74, 6) is -0.172. The maximum Gasteiger partial charge on any atom is 0.251 e. The van der Waals surface area contributed by atoms with Crippen LogP contribution in [0.5, 0.6) is 0 Å². The van der Waals surface area contributed by atoms with Crippen LogP contribution in [0.4, 0.5) is 5.13 Å². The third-order valence-corrected chi connectivity index (χ3v) is 7.14. The number of amides is 2. The Balaban J connectivity index is 1.10. The molecule has 0 unspecified atom stereocenters. The van der Waals surface area contributed by atoms with Gasteiger partial charge >= 0.3 is 0 Å². The molecule has 3 N–H and O–H groups in total. The number of thiazole rings is 1. The summed E-state index contributed by atoms with van der Waals surface area (Å²) >= 11 is 1.38. The van der Waals surface area contributed by atoms with Crippen LogP contribution in [0.1, 0.15) is 28.8 Å². The monoisotopic (exact) mass is 488 g/mol. The third-order valence-electron chi connectivity index (χ3n) is 6.20. The van der Waals surface area contributed by atoms with Gasteiger partial charge in [-0.25, -0.2) is 4.98 Å². The Kier molecular flexibility index (Phi) is 7.32. The van der Waals surface area contributed by atoms with E-state index in [0.29, 0.717) is 37.0 Å². The Morgan fingerprint density at radius 1 is 0.971 bits per heavy atom. The summed E-state index contributed by atoms with van der Waals surface area (Å²) in [6, 6.07) is 20.2. The standard InChI is InChI=1S/C27H28N4O3S/c32-25(29-12-11-28-17-18-5-6-19-3-1-2-4-21(19)15-18)22-7-8-23-24(16-22)35-27(30-23)31-26(33)20-9-13-34-14-10-20/h1-8,15-16,20,28H,9-14,17H2,(H,29,32)(H,30,31,33). The molecular formula is C27H28N4O3S. The van der Waals surface area contributed by atoms with Gasteiger partial charge in [0.15, 0.2) is 5.13 Å². The number of ether oxygens (including phenoxy) is 1. The van der Waals surface area contributed by atoms with Gasteiger partial charge in [0.2, 0.25) is 5.91 Å². The van der Waals surface area contributed by atoms with Crippen molar-refractivity contribution in [2.75, 3.05) is 31.6 Å². The highest BCUT2D eigenvalue weighted by molar-refractivity contribution is 7.22. The van der Waals surface area contributed by atoms with E-state index >= 15 is 0 Å². The normalized spacial score (nSPS) is 14.3. The van der Waals surface area contributed by atoms with E-state index in [-0.39, 0.29) is 17.7 Å². The minimum atomic E-state index is -0.124. The highest BCUT2D eigenvalue weighted by Gasteiger charge is 2.22. The molecule has 1 fully saturated rings. The topological polar surface area (TPSA) is 92.4 Å². The largest absolute Gasteiger partial charge is 0.381 e. The predicted molar refractivity (Wildman–Crippen MR) is 140 cm³/mol. The van der Waals surface area contributed by atoms with Crippen LogP contribution in [0.15, 0.2) is 60.7 Å². The number of rotatable bonds is 8. The molecule has 0 aliphatic carbocycles. The number of hydrogen-bond acceptors (Lipinski definition) is 6. The fourth-order valence-electron chi connectivity index (χ4n) is 4.23. The molecule has 1 aliphatic heterocycles. The molecule has 0 saturated carbocycles. The van der Waals surface area contributed by atoms with Crippen molar-refractivity contribution in [1.82, 2.24) is 15.6 Å². The van der Waals surface area contributed by atoms with Crippen LogP contribution >= 0.6 is 11.3 Å². The Labute approximate surface area is 207 Å². The summed E-state index contributed by atoms with van der Waals surface area (Å²) in [6.45, 7) is 3.18. The number of carbonyl (C=O) groups excluding carboxylic acids is 2. The minimum absolute atomic E-state index is 0.0125. The second kappa shape index (κ2) is 10.9. The SMILES string of the molecule is O=C(NCCNCc1ccc2ccccc2c1)c1ccc2nc(NC(=O)C3CCOCC3)sc2c1. The van der Waals surface area contributed by atoms with E-state index in [1.807, 2.05) is 24.3 Å². The van der Waals surface area contributed by atoms with Gasteiger partial charge in [-0.3, -0.25) is 9.59 Å². The molecule has 0 atom stereocenters. The maximum absolute atomic E-state index is 12.6. The number of benzene rings is 3. The van der Waals surface area contributed by atoms with Gasteiger partial charge in [0, 0.05) is 44.3 Å². The summed E-state index contributed by atoms with van der Waals surface area (Å²) < 4.78 is 6.19. The number of carbonyl (C=O) groups is 2. The lowest BCUT2D eigenvalue weighted by molar-refractivity contribution is -0.122. The van der Waals surface area contributed by atoms with Crippen molar-refractivity contribution < 1.29 is 14.3 Å². The van der Waals surface area contributed by atoms with Crippen LogP contribution in [0.3, 0.4) is 0 Å². The molecule has 7 nitrogen and oxygen atoms in total. The summed E-state index contributed by atoms with van der Waals surface area (Å²) in [5.41, 5.74) is 2.56. The minimum Gasteiger partial charge on any atom is -0.381 e. The summed E-state index contributed by atoms with van der Waals surface area (Å²) in [5, 5.41) is 12.3. The third kappa shape index (κ3) is 5.85. The lowest BCUT2D eigenvalue weighted by Gasteiger charge is -2.20. The maximum atomic E-state index is 12.6. The van der Waals surface area contributed by atoms with Crippen molar-refractivity contribution in [1.29, 1.82) is 0 Å². The second-order valence-corrected chi connectivity index (χ2v) is 9.72. The molecule has 2 heterocycles. The fourth-order valence-corrected chi connectivity index (χ4v) is 5.14. The van der Waals surface area contributed by atoms with Gasteiger partial charge in [-0.2, -0.15) is 0 Å². The molecule has 8 heteroatoms. The van der Waals surface area contributed by atoms with E-state index in [4.69, 9.17) is 4.74 Å². The van der Waals surface area contributed by atoms with Gasteiger partial charge in [0.1, 0.15) is 0 Å². The Bertz CT molecular complexity index is 1350.